The summed E-state index contributed by atoms with van der Waals surface area (Å²) in [5.41, 5.74) is 0. The van der Waals surface area contributed by atoms with Gasteiger partial charge in [-0.25, -0.2) is 0 Å². The predicted octanol–water partition coefficient (Wildman–Crippen LogP) is 0.636. The summed E-state index contributed by atoms with van der Waals surface area (Å²) in [6.07, 6.45) is 0.896. The Hall–Kier alpha value is -0.870. The number of carboxylic acids is 1. The summed E-state index contributed by atoms with van der Waals surface area (Å²) in [6, 6.07) is 0. The summed E-state index contributed by atoms with van der Waals surface area (Å²) in [6.45, 7) is 3.51. The van der Waals surface area contributed by atoms with Crippen molar-refractivity contribution in [3.8, 4) is 0 Å². The molecule has 0 aliphatic carbocycles. The number of rotatable bonds is 6. The molecule has 0 radical (unpaired) electrons. The van der Waals surface area contributed by atoms with Gasteiger partial charge >= 0.3 is 5.97 Å². The van der Waals surface area contributed by atoms with E-state index in [0.29, 0.717) is 0 Å². The molecule has 11 heavy (non-hydrogen) atoms. The Labute approximate surface area is 65.4 Å². The van der Waals surface area contributed by atoms with E-state index >= 15 is 0 Å². The van der Waals surface area contributed by atoms with Gasteiger partial charge < -0.3 is 14.6 Å². The Bertz CT molecular complexity index is 132. The van der Waals surface area contributed by atoms with Crippen molar-refractivity contribution >= 4 is 5.97 Å². The zero-order valence-electron chi connectivity index (χ0n) is 6.45. The Morgan fingerprint density at radius 1 is 1.82 bits per heavy atom. The first kappa shape index (κ1) is 10.1. The molecule has 0 aromatic heterocycles. The van der Waals surface area contributed by atoms with Gasteiger partial charge in [0, 0.05) is 7.11 Å². The second kappa shape index (κ2) is 5.88. The van der Waals surface area contributed by atoms with Crippen molar-refractivity contribution in [3.63, 3.8) is 0 Å². The lowest BCUT2D eigenvalue weighted by Gasteiger charge is -2.09. The SMILES string of the molecule is C=CC(CC(=O)O)OCOC. The molecule has 0 fully saturated rings. The zero-order valence-corrected chi connectivity index (χ0v) is 6.45. The van der Waals surface area contributed by atoms with E-state index in [-0.39, 0.29) is 13.2 Å². The lowest BCUT2D eigenvalue weighted by molar-refractivity contribution is -0.141. The summed E-state index contributed by atoms with van der Waals surface area (Å²) >= 11 is 0. The highest BCUT2D eigenvalue weighted by atomic mass is 16.7. The highest BCUT2D eigenvalue weighted by molar-refractivity contribution is 5.67. The van der Waals surface area contributed by atoms with Crippen molar-refractivity contribution in [1.29, 1.82) is 0 Å². The molecule has 0 heterocycles. The van der Waals surface area contributed by atoms with Crippen molar-refractivity contribution in [3.05, 3.63) is 12.7 Å². The topological polar surface area (TPSA) is 55.8 Å². The fourth-order valence-corrected chi connectivity index (χ4v) is 0.538. The molecule has 1 N–H and O–H groups in total. The van der Waals surface area contributed by atoms with Gasteiger partial charge in [0.25, 0.3) is 0 Å². The molecule has 0 rings (SSSR count). The number of methoxy groups -OCH3 is 1. The van der Waals surface area contributed by atoms with E-state index < -0.39 is 12.1 Å². The van der Waals surface area contributed by atoms with E-state index in [1.807, 2.05) is 0 Å². The van der Waals surface area contributed by atoms with Crippen LogP contribution in [0.3, 0.4) is 0 Å². The highest BCUT2D eigenvalue weighted by Crippen LogP contribution is 1.99. The number of carboxylic acid groups (broad SMARTS) is 1. The molecule has 0 bridgehead atoms. The van der Waals surface area contributed by atoms with Gasteiger partial charge in [0.1, 0.15) is 6.79 Å². The van der Waals surface area contributed by atoms with Crippen LogP contribution in [0.2, 0.25) is 0 Å². The molecule has 0 aromatic carbocycles. The molecule has 0 aliphatic heterocycles. The maximum absolute atomic E-state index is 10.2. The summed E-state index contributed by atoms with van der Waals surface area (Å²) in [4.78, 5) is 10.2. The van der Waals surface area contributed by atoms with Crippen molar-refractivity contribution in [2.75, 3.05) is 13.9 Å². The number of ether oxygens (including phenoxy) is 2. The van der Waals surface area contributed by atoms with E-state index in [2.05, 4.69) is 11.3 Å². The normalized spacial score (nSPS) is 12.5. The van der Waals surface area contributed by atoms with Gasteiger partial charge in [0.05, 0.1) is 12.5 Å². The van der Waals surface area contributed by atoms with Crippen LogP contribution in [0.25, 0.3) is 0 Å². The minimum absolute atomic E-state index is 0.0765. The summed E-state index contributed by atoms with van der Waals surface area (Å²) in [5, 5.41) is 8.35. The van der Waals surface area contributed by atoms with Crippen molar-refractivity contribution in [2.45, 2.75) is 12.5 Å². The molecule has 1 unspecified atom stereocenters. The van der Waals surface area contributed by atoms with Crippen LogP contribution in [0.15, 0.2) is 12.7 Å². The van der Waals surface area contributed by atoms with Crippen LogP contribution in [0.5, 0.6) is 0 Å². The number of hydrogen-bond acceptors (Lipinski definition) is 3. The van der Waals surface area contributed by atoms with Crippen LogP contribution >= 0.6 is 0 Å². The summed E-state index contributed by atoms with van der Waals surface area (Å²) in [7, 11) is 1.47. The van der Waals surface area contributed by atoms with E-state index in [0.717, 1.165) is 0 Å². The van der Waals surface area contributed by atoms with Gasteiger partial charge in [-0.2, -0.15) is 0 Å². The third-order valence-corrected chi connectivity index (χ3v) is 1.04. The molecular formula is C7H12O4. The predicted molar refractivity (Wildman–Crippen MR) is 39.2 cm³/mol. The lowest BCUT2D eigenvalue weighted by Crippen LogP contribution is -2.16. The standard InChI is InChI=1S/C7H12O4/c1-3-6(4-7(8)9)11-5-10-2/h3,6H,1,4-5H2,2H3,(H,8,9). The number of hydrogen-bond donors (Lipinski definition) is 1. The van der Waals surface area contributed by atoms with Crippen LogP contribution in [0, 0.1) is 0 Å². The third-order valence-electron chi connectivity index (χ3n) is 1.04. The lowest BCUT2D eigenvalue weighted by atomic mass is 10.2. The van der Waals surface area contributed by atoms with Crippen LogP contribution in [0.1, 0.15) is 6.42 Å². The minimum atomic E-state index is -0.911. The summed E-state index contributed by atoms with van der Waals surface area (Å²) < 4.78 is 9.52. The average molecular weight is 160 g/mol. The molecular weight excluding hydrogens is 148 g/mol. The van der Waals surface area contributed by atoms with E-state index in [9.17, 15) is 4.79 Å². The minimum Gasteiger partial charge on any atom is -0.481 e. The van der Waals surface area contributed by atoms with Gasteiger partial charge in [-0.15, -0.1) is 6.58 Å². The fraction of sp³-hybridized carbons (Fsp3) is 0.571. The van der Waals surface area contributed by atoms with Gasteiger partial charge in [0.2, 0.25) is 0 Å². The Kier molecular flexibility index (Phi) is 5.42. The molecule has 0 aliphatic rings. The number of carbonyl (C=O) groups is 1. The average Bonchev–Trinajstić information content (AvgIpc) is 1.97. The van der Waals surface area contributed by atoms with Gasteiger partial charge in [-0.05, 0) is 0 Å². The smallest absolute Gasteiger partial charge is 0.306 e. The largest absolute Gasteiger partial charge is 0.481 e. The van der Waals surface area contributed by atoms with Gasteiger partial charge in [-0.3, -0.25) is 4.79 Å². The maximum Gasteiger partial charge on any atom is 0.306 e. The fourth-order valence-electron chi connectivity index (χ4n) is 0.538. The third kappa shape index (κ3) is 5.57. The number of aliphatic carboxylic acids is 1. The Morgan fingerprint density at radius 2 is 2.45 bits per heavy atom. The van der Waals surface area contributed by atoms with E-state index in [4.69, 9.17) is 9.84 Å². The molecule has 64 valence electrons. The zero-order chi connectivity index (χ0) is 8.69. The molecule has 0 aromatic rings. The molecule has 4 nitrogen and oxygen atoms in total. The first-order valence-corrected chi connectivity index (χ1v) is 3.15. The van der Waals surface area contributed by atoms with E-state index in [1.54, 1.807) is 0 Å². The monoisotopic (exact) mass is 160 g/mol. The Morgan fingerprint density at radius 3 is 2.82 bits per heavy atom. The highest BCUT2D eigenvalue weighted by Gasteiger charge is 2.08. The van der Waals surface area contributed by atoms with E-state index in [1.165, 1.54) is 13.2 Å². The molecule has 0 amide bonds. The van der Waals surface area contributed by atoms with Crippen molar-refractivity contribution in [2.24, 2.45) is 0 Å². The van der Waals surface area contributed by atoms with Crippen LogP contribution in [-0.2, 0) is 14.3 Å². The Balaban J connectivity index is 3.57. The first-order valence-electron chi connectivity index (χ1n) is 3.15. The van der Waals surface area contributed by atoms with Crippen LogP contribution in [0.4, 0.5) is 0 Å². The molecule has 4 heteroatoms. The second-order valence-corrected chi connectivity index (χ2v) is 1.95. The van der Waals surface area contributed by atoms with Gasteiger partial charge in [0.15, 0.2) is 0 Å². The quantitative estimate of drug-likeness (QED) is 0.457. The molecule has 1 atom stereocenters. The molecule has 0 saturated heterocycles. The van der Waals surface area contributed by atoms with Crippen LogP contribution < -0.4 is 0 Å². The summed E-state index contributed by atoms with van der Waals surface area (Å²) in [5.74, 6) is -0.911. The molecule has 0 spiro atoms. The van der Waals surface area contributed by atoms with Crippen molar-refractivity contribution < 1.29 is 19.4 Å². The van der Waals surface area contributed by atoms with Gasteiger partial charge in [-0.1, -0.05) is 6.08 Å². The maximum atomic E-state index is 10.2. The second-order valence-electron chi connectivity index (χ2n) is 1.95. The van der Waals surface area contributed by atoms with Crippen molar-refractivity contribution in [1.82, 2.24) is 0 Å². The van der Waals surface area contributed by atoms with Crippen LogP contribution in [-0.4, -0.2) is 31.1 Å². The molecule has 0 saturated carbocycles. The first-order chi connectivity index (χ1) is 5.20.